The zero-order valence-corrected chi connectivity index (χ0v) is 11.4. The molecule has 1 aromatic rings. The van der Waals surface area contributed by atoms with Crippen molar-refractivity contribution < 1.29 is 13.2 Å². The molecule has 4 nitrogen and oxygen atoms in total. The zero-order valence-electron chi connectivity index (χ0n) is 10.6. The van der Waals surface area contributed by atoms with Gasteiger partial charge in [-0.25, -0.2) is 8.42 Å². The number of rotatable bonds is 4. The van der Waals surface area contributed by atoms with E-state index in [4.69, 9.17) is 10.5 Å². The Morgan fingerprint density at radius 3 is 2.24 bits per heavy atom. The van der Waals surface area contributed by atoms with E-state index < -0.39 is 9.84 Å². The van der Waals surface area contributed by atoms with Crippen LogP contribution in [0.4, 0.5) is 5.69 Å². The summed E-state index contributed by atoms with van der Waals surface area (Å²) in [5.74, 6) is 0.891. The van der Waals surface area contributed by atoms with Crippen LogP contribution in [0.3, 0.4) is 0 Å². The SMILES string of the molecule is CC(C)C(C)Oc1ccc(S(C)(=O)=O)cc1N. The molecule has 5 heteroatoms. The van der Waals surface area contributed by atoms with E-state index in [0.29, 0.717) is 17.4 Å². The quantitative estimate of drug-likeness (QED) is 0.839. The maximum atomic E-state index is 11.3. The molecule has 0 aliphatic rings. The molecular formula is C12H19NO3S. The van der Waals surface area contributed by atoms with Gasteiger partial charge in [-0.05, 0) is 31.0 Å². The second kappa shape index (κ2) is 4.96. The van der Waals surface area contributed by atoms with E-state index in [2.05, 4.69) is 0 Å². The van der Waals surface area contributed by atoms with Crippen LogP contribution < -0.4 is 10.5 Å². The van der Waals surface area contributed by atoms with Gasteiger partial charge in [0.2, 0.25) is 0 Å². The van der Waals surface area contributed by atoms with Gasteiger partial charge in [0.15, 0.2) is 9.84 Å². The van der Waals surface area contributed by atoms with Crippen LogP contribution in [-0.4, -0.2) is 20.8 Å². The van der Waals surface area contributed by atoms with E-state index in [1.807, 2.05) is 20.8 Å². The molecule has 0 radical (unpaired) electrons. The fraction of sp³-hybridized carbons (Fsp3) is 0.500. The molecule has 0 amide bonds. The highest BCUT2D eigenvalue weighted by Gasteiger charge is 2.13. The number of sulfone groups is 1. The molecule has 0 saturated carbocycles. The van der Waals surface area contributed by atoms with Crippen LogP contribution in [0.25, 0.3) is 0 Å². The Hall–Kier alpha value is -1.23. The van der Waals surface area contributed by atoms with Crippen molar-refractivity contribution in [1.29, 1.82) is 0 Å². The van der Waals surface area contributed by atoms with E-state index in [1.165, 1.54) is 12.1 Å². The number of benzene rings is 1. The Balaban J connectivity index is 2.99. The number of anilines is 1. The molecule has 0 fully saturated rings. The lowest BCUT2D eigenvalue weighted by atomic mass is 10.1. The Kier molecular flexibility index (Phi) is 4.03. The molecule has 0 bridgehead atoms. The van der Waals surface area contributed by atoms with Gasteiger partial charge in [0.25, 0.3) is 0 Å². The summed E-state index contributed by atoms with van der Waals surface area (Å²) in [4.78, 5) is 0.208. The number of hydrogen-bond donors (Lipinski definition) is 1. The fourth-order valence-electron chi connectivity index (χ4n) is 1.20. The molecule has 1 rings (SSSR count). The van der Waals surface area contributed by atoms with Gasteiger partial charge in [0, 0.05) is 6.26 Å². The Bertz CT molecular complexity index is 494. The van der Waals surface area contributed by atoms with Crippen LogP contribution in [0.15, 0.2) is 23.1 Å². The molecule has 96 valence electrons. The van der Waals surface area contributed by atoms with Gasteiger partial charge in [-0.15, -0.1) is 0 Å². The van der Waals surface area contributed by atoms with Crippen LogP contribution in [0.1, 0.15) is 20.8 Å². The first-order valence-electron chi connectivity index (χ1n) is 5.48. The maximum Gasteiger partial charge on any atom is 0.175 e. The van der Waals surface area contributed by atoms with Crippen molar-refractivity contribution in [2.24, 2.45) is 5.92 Å². The highest BCUT2D eigenvalue weighted by Crippen LogP contribution is 2.26. The molecule has 0 aliphatic heterocycles. The third kappa shape index (κ3) is 3.63. The first-order valence-corrected chi connectivity index (χ1v) is 7.37. The first kappa shape index (κ1) is 13.8. The highest BCUT2D eigenvalue weighted by molar-refractivity contribution is 7.90. The molecule has 0 aliphatic carbocycles. The number of ether oxygens (including phenoxy) is 1. The second-order valence-electron chi connectivity index (χ2n) is 4.54. The van der Waals surface area contributed by atoms with E-state index in [9.17, 15) is 8.42 Å². The fourth-order valence-corrected chi connectivity index (χ4v) is 1.86. The molecule has 0 spiro atoms. The monoisotopic (exact) mass is 257 g/mol. The number of hydrogen-bond acceptors (Lipinski definition) is 4. The number of nitrogens with two attached hydrogens (primary N) is 1. The number of nitrogen functional groups attached to an aromatic ring is 1. The van der Waals surface area contributed by atoms with Crippen LogP contribution in [-0.2, 0) is 9.84 Å². The summed E-state index contributed by atoms with van der Waals surface area (Å²) in [6.45, 7) is 6.05. The van der Waals surface area contributed by atoms with Gasteiger partial charge < -0.3 is 10.5 Å². The van der Waals surface area contributed by atoms with Crippen molar-refractivity contribution in [2.75, 3.05) is 12.0 Å². The zero-order chi connectivity index (χ0) is 13.2. The third-order valence-corrected chi connectivity index (χ3v) is 3.77. The minimum atomic E-state index is -3.22. The molecule has 1 atom stereocenters. The molecule has 17 heavy (non-hydrogen) atoms. The Labute approximate surface area is 103 Å². The lowest BCUT2D eigenvalue weighted by Crippen LogP contribution is -2.19. The Morgan fingerprint density at radius 1 is 1.24 bits per heavy atom. The van der Waals surface area contributed by atoms with Gasteiger partial charge in [-0.3, -0.25) is 0 Å². The van der Waals surface area contributed by atoms with Crippen molar-refractivity contribution in [1.82, 2.24) is 0 Å². The van der Waals surface area contributed by atoms with E-state index in [0.717, 1.165) is 6.26 Å². The lowest BCUT2D eigenvalue weighted by molar-refractivity contribution is 0.171. The Morgan fingerprint density at radius 2 is 1.82 bits per heavy atom. The molecule has 2 N–H and O–H groups in total. The van der Waals surface area contributed by atoms with Crippen LogP contribution >= 0.6 is 0 Å². The predicted molar refractivity (Wildman–Crippen MR) is 68.9 cm³/mol. The molecule has 1 unspecified atom stereocenters. The summed E-state index contributed by atoms with van der Waals surface area (Å²) in [6.07, 6.45) is 1.18. The highest BCUT2D eigenvalue weighted by atomic mass is 32.2. The average molecular weight is 257 g/mol. The van der Waals surface area contributed by atoms with Gasteiger partial charge in [-0.1, -0.05) is 13.8 Å². The van der Waals surface area contributed by atoms with Crippen molar-refractivity contribution in [2.45, 2.75) is 31.8 Å². The first-order chi connectivity index (χ1) is 7.71. The van der Waals surface area contributed by atoms with Gasteiger partial charge in [0.05, 0.1) is 16.7 Å². The normalized spacial score (nSPS) is 13.7. The largest absolute Gasteiger partial charge is 0.488 e. The predicted octanol–water partition coefficient (Wildman–Crippen LogP) is 2.10. The topological polar surface area (TPSA) is 69.4 Å². The van der Waals surface area contributed by atoms with Crippen LogP contribution in [0.5, 0.6) is 5.75 Å². The van der Waals surface area contributed by atoms with E-state index in [-0.39, 0.29) is 11.0 Å². The van der Waals surface area contributed by atoms with Gasteiger partial charge in [0.1, 0.15) is 5.75 Å². The van der Waals surface area contributed by atoms with E-state index >= 15 is 0 Å². The van der Waals surface area contributed by atoms with Crippen molar-refractivity contribution in [3.05, 3.63) is 18.2 Å². The van der Waals surface area contributed by atoms with E-state index in [1.54, 1.807) is 6.07 Å². The standard InChI is InChI=1S/C12H19NO3S/c1-8(2)9(3)16-12-6-5-10(7-11(12)13)17(4,14)15/h5-9H,13H2,1-4H3. The molecule has 1 aromatic carbocycles. The summed E-state index contributed by atoms with van der Waals surface area (Å²) in [5.41, 5.74) is 6.12. The summed E-state index contributed by atoms with van der Waals surface area (Å²) < 4.78 is 28.3. The van der Waals surface area contributed by atoms with Crippen molar-refractivity contribution in [3.8, 4) is 5.75 Å². The van der Waals surface area contributed by atoms with Crippen LogP contribution in [0, 0.1) is 5.92 Å². The molecular weight excluding hydrogens is 238 g/mol. The summed E-state index contributed by atoms with van der Waals surface area (Å²) in [6, 6.07) is 4.54. The van der Waals surface area contributed by atoms with Crippen molar-refractivity contribution in [3.63, 3.8) is 0 Å². The summed E-state index contributed by atoms with van der Waals surface area (Å²) in [7, 11) is -3.22. The minimum absolute atomic E-state index is 0.0291. The van der Waals surface area contributed by atoms with Crippen molar-refractivity contribution >= 4 is 15.5 Å². The average Bonchev–Trinajstić information content (AvgIpc) is 2.19. The summed E-state index contributed by atoms with van der Waals surface area (Å²) >= 11 is 0. The second-order valence-corrected chi connectivity index (χ2v) is 6.55. The third-order valence-electron chi connectivity index (χ3n) is 2.66. The van der Waals surface area contributed by atoms with Gasteiger partial charge >= 0.3 is 0 Å². The van der Waals surface area contributed by atoms with Gasteiger partial charge in [-0.2, -0.15) is 0 Å². The molecule has 0 heterocycles. The minimum Gasteiger partial charge on any atom is -0.488 e. The maximum absolute atomic E-state index is 11.3. The lowest BCUT2D eigenvalue weighted by Gasteiger charge is -2.19. The molecule has 0 saturated heterocycles. The smallest absolute Gasteiger partial charge is 0.175 e. The summed E-state index contributed by atoms with van der Waals surface area (Å²) in [5, 5.41) is 0. The molecule has 0 aromatic heterocycles. The van der Waals surface area contributed by atoms with Crippen LogP contribution in [0.2, 0.25) is 0 Å².